The fourth-order valence-electron chi connectivity index (χ4n) is 3.08. The zero-order valence-corrected chi connectivity index (χ0v) is 19.2. The van der Waals surface area contributed by atoms with Gasteiger partial charge < -0.3 is 14.9 Å². The van der Waals surface area contributed by atoms with Gasteiger partial charge in [-0.05, 0) is 32.2 Å². The molecule has 3 aromatic rings. The minimum atomic E-state index is -5.18. The number of fused-ring (bicyclic) bond motifs is 1. The third-order valence-corrected chi connectivity index (χ3v) is 5.57. The van der Waals surface area contributed by atoms with Crippen LogP contribution in [0.4, 0.5) is 18.9 Å². The SMILES string of the molecule is CC(C)(C)ON(C=O)CCn1c(-c2sccc2Cl)c(NC(=O)C(F)(F)F)c2nc[nH]c(=O)c21. The summed E-state index contributed by atoms with van der Waals surface area (Å²) in [4.78, 5) is 48.1. The molecule has 178 valence electrons. The molecule has 3 rings (SSSR count). The molecule has 0 bridgehead atoms. The van der Waals surface area contributed by atoms with Gasteiger partial charge in [0.25, 0.3) is 5.56 Å². The summed E-state index contributed by atoms with van der Waals surface area (Å²) in [5.74, 6) is -2.23. The standard InChI is InChI=1S/C19H19ClF3N5O4S/c1-18(2,3)32-27(9-29)5-6-28-13(15-10(20)4-7-33-15)12(26-17(31)19(21,22)23)11-14(28)16(30)25-8-24-11/h4,7-9H,5-6H2,1-3H3,(H,26,31)(H,24,25,30). The molecule has 0 aliphatic rings. The molecule has 0 spiro atoms. The molecule has 2 N–H and O–H groups in total. The van der Waals surface area contributed by atoms with Crippen LogP contribution in [0.2, 0.25) is 5.02 Å². The average molecular weight is 506 g/mol. The Morgan fingerprint density at radius 2 is 2.09 bits per heavy atom. The fourth-order valence-corrected chi connectivity index (χ4v) is 4.29. The Bertz CT molecular complexity index is 1240. The van der Waals surface area contributed by atoms with E-state index in [2.05, 4.69) is 9.97 Å². The zero-order chi connectivity index (χ0) is 24.6. The van der Waals surface area contributed by atoms with Crippen LogP contribution >= 0.6 is 22.9 Å². The second-order valence-corrected chi connectivity index (χ2v) is 9.13. The molecule has 14 heteroatoms. The smallest absolute Gasteiger partial charge is 0.330 e. The predicted octanol–water partition coefficient (Wildman–Crippen LogP) is 3.80. The molecule has 0 aliphatic heterocycles. The summed E-state index contributed by atoms with van der Waals surface area (Å²) in [5.41, 5.74) is -1.90. The van der Waals surface area contributed by atoms with E-state index in [9.17, 15) is 27.6 Å². The molecule has 0 radical (unpaired) electrons. The van der Waals surface area contributed by atoms with Crippen LogP contribution in [0, 0.1) is 0 Å². The van der Waals surface area contributed by atoms with Crippen molar-refractivity contribution in [3.63, 3.8) is 0 Å². The van der Waals surface area contributed by atoms with Crippen LogP contribution in [0.3, 0.4) is 0 Å². The van der Waals surface area contributed by atoms with Crippen molar-refractivity contribution >= 4 is 52.0 Å². The second kappa shape index (κ2) is 9.15. The lowest BCUT2D eigenvalue weighted by atomic mass is 10.2. The lowest BCUT2D eigenvalue weighted by Crippen LogP contribution is -2.35. The van der Waals surface area contributed by atoms with Gasteiger partial charge in [0.05, 0.1) is 39.8 Å². The summed E-state index contributed by atoms with van der Waals surface area (Å²) in [7, 11) is 0. The third kappa shape index (κ3) is 5.37. The number of H-pyrrole nitrogens is 1. The summed E-state index contributed by atoms with van der Waals surface area (Å²) in [6.07, 6.45) is -3.72. The lowest BCUT2D eigenvalue weighted by Gasteiger charge is -2.27. The van der Waals surface area contributed by atoms with E-state index in [-0.39, 0.29) is 40.5 Å². The molecule has 0 unspecified atom stereocenters. The normalized spacial score (nSPS) is 12.2. The van der Waals surface area contributed by atoms with Gasteiger partial charge in [-0.2, -0.15) is 13.2 Å². The highest BCUT2D eigenvalue weighted by Gasteiger charge is 2.40. The van der Waals surface area contributed by atoms with E-state index in [0.717, 1.165) is 22.7 Å². The van der Waals surface area contributed by atoms with Gasteiger partial charge in [0.2, 0.25) is 6.41 Å². The first-order valence-electron chi connectivity index (χ1n) is 9.46. The number of thiophene rings is 1. The van der Waals surface area contributed by atoms with Crippen molar-refractivity contribution in [1.29, 1.82) is 0 Å². The van der Waals surface area contributed by atoms with Gasteiger partial charge in [0.15, 0.2) is 0 Å². The van der Waals surface area contributed by atoms with E-state index >= 15 is 0 Å². The first-order valence-corrected chi connectivity index (χ1v) is 10.7. The quantitative estimate of drug-likeness (QED) is 0.375. The van der Waals surface area contributed by atoms with Gasteiger partial charge in [-0.3, -0.25) is 19.2 Å². The Morgan fingerprint density at radius 1 is 1.39 bits per heavy atom. The van der Waals surface area contributed by atoms with E-state index in [4.69, 9.17) is 16.4 Å². The molecule has 0 saturated carbocycles. The van der Waals surface area contributed by atoms with Crippen molar-refractivity contribution in [3.05, 3.63) is 33.2 Å². The molecule has 0 aliphatic carbocycles. The maximum Gasteiger partial charge on any atom is 0.471 e. The highest BCUT2D eigenvalue weighted by Crippen LogP contribution is 2.42. The number of nitrogens with zero attached hydrogens (tertiary/aromatic N) is 3. The van der Waals surface area contributed by atoms with E-state index < -0.39 is 23.2 Å². The molecule has 0 saturated heterocycles. The fraction of sp³-hybridized carbons (Fsp3) is 0.368. The number of halogens is 4. The summed E-state index contributed by atoms with van der Waals surface area (Å²) in [5, 5.41) is 4.63. The number of nitrogens with one attached hydrogen (secondary N) is 2. The van der Waals surface area contributed by atoms with Crippen LogP contribution in [0.5, 0.6) is 0 Å². The maximum atomic E-state index is 13.0. The molecule has 0 atom stereocenters. The minimum absolute atomic E-state index is 0.0495. The van der Waals surface area contributed by atoms with Crippen LogP contribution < -0.4 is 10.9 Å². The number of carbonyl (C=O) groups excluding carboxylic acids is 2. The maximum absolute atomic E-state index is 13.0. The number of hydrogen-bond acceptors (Lipinski definition) is 6. The summed E-state index contributed by atoms with van der Waals surface area (Å²) in [6.45, 7) is 5.04. The molecule has 33 heavy (non-hydrogen) atoms. The molecule has 9 nitrogen and oxygen atoms in total. The highest BCUT2D eigenvalue weighted by atomic mass is 35.5. The van der Waals surface area contributed by atoms with Crippen molar-refractivity contribution in [2.75, 3.05) is 11.9 Å². The van der Waals surface area contributed by atoms with Crippen molar-refractivity contribution in [3.8, 4) is 10.6 Å². The second-order valence-electron chi connectivity index (χ2n) is 7.80. The van der Waals surface area contributed by atoms with E-state index in [1.165, 1.54) is 10.6 Å². The number of carbonyl (C=O) groups is 2. The number of rotatable bonds is 7. The van der Waals surface area contributed by atoms with Gasteiger partial charge in [-0.15, -0.1) is 11.3 Å². The number of aromatic nitrogens is 3. The number of aromatic amines is 1. The first kappa shape index (κ1) is 24.7. The summed E-state index contributed by atoms with van der Waals surface area (Å²) >= 11 is 7.35. The van der Waals surface area contributed by atoms with Crippen LogP contribution in [0.1, 0.15) is 20.8 Å². The molecule has 0 aromatic carbocycles. The van der Waals surface area contributed by atoms with Crippen LogP contribution in [0.15, 0.2) is 22.6 Å². The van der Waals surface area contributed by atoms with Gasteiger partial charge in [-0.1, -0.05) is 11.6 Å². The Balaban J connectivity index is 2.21. The zero-order valence-electron chi connectivity index (χ0n) is 17.6. The topological polar surface area (TPSA) is 109 Å². The van der Waals surface area contributed by atoms with Crippen molar-refractivity contribution in [1.82, 2.24) is 19.6 Å². The van der Waals surface area contributed by atoms with Gasteiger partial charge in [0.1, 0.15) is 11.0 Å². The van der Waals surface area contributed by atoms with Crippen molar-refractivity contribution in [2.45, 2.75) is 39.1 Å². The molecular formula is C19H19ClF3N5O4S. The predicted molar refractivity (Wildman–Crippen MR) is 117 cm³/mol. The van der Waals surface area contributed by atoms with E-state index in [1.807, 2.05) is 5.32 Å². The summed E-state index contributed by atoms with van der Waals surface area (Å²) < 4.78 is 40.5. The highest BCUT2D eigenvalue weighted by molar-refractivity contribution is 7.14. The number of anilines is 1. The number of amides is 2. The van der Waals surface area contributed by atoms with Crippen LogP contribution in [-0.4, -0.2) is 50.2 Å². The Labute approximate surface area is 194 Å². The number of hydroxylamine groups is 2. The molecule has 0 fully saturated rings. The molecule has 3 heterocycles. The Hall–Kier alpha value is -2.90. The molecule has 3 aromatic heterocycles. The van der Waals surface area contributed by atoms with Crippen molar-refractivity contribution in [2.24, 2.45) is 0 Å². The van der Waals surface area contributed by atoms with E-state index in [1.54, 1.807) is 26.2 Å². The largest absolute Gasteiger partial charge is 0.471 e. The first-order chi connectivity index (χ1) is 15.3. The Kier molecular flexibility index (Phi) is 6.86. The summed E-state index contributed by atoms with van der Waals surface area (Å²) in [6, 6.07) is 1.52. The lowest BCUT2D eigenvalue weighted by molar-refractivity contribution is -0.216. The number of alkyl halides is 3. The minimum Gasteiger partial charge on any atom is -0.330 e. The van der Waals surface area contributed by atoms with Crippen LogP contribution in [-0.2, 0) is 21.0 Å². The molecular weight excluding hydrogens is 487 g/mol. The van der Waals surface area contributed by atoms with Gasteiger partial charge in [-0.25, -0.2) is 10.0 Å². The van der Waals surface area contributed by atoms with E-state index in [0.29, 0.717) is 11.3 Å². The number of hydrogen-bond donors (Lipinski definition) is 2. The van der Waals surface area contributed by atoms with Gasteiger partial charge in [0, 0.05) is 6.54 Å². The van der Waals surface area contributed by atoms with Crippen molar-refractivity contribution < 1.29 is 27.6 Å². The average Bonchev–Trinajstić information content (AvgIpc) is 3.25. The third-order valence-electron chi connectivity index (χ3n) is 4.22. The monoisotopic (exact) mass is 505 g/mol. The molecule has 2 amide bonds. The van der Waals surface area contributed by atoms with Crippen LogP contribution in [0.25, 0.3) is 21.6 Å². The van der Waals surface area contributed by atoms with Gasteiger partial charge >= 0.3 is 12.1 Å². The Morgan fingerprint density at radius 3 is 2.64 bits per heavy atom.